The molecule has 0 rings (SSSR count). The van der Waals surface area contributed by atoms with Gasteiger partial charge in [0, 0.05) is 13.0 Å². The third-order valence-corrected chi connectivity index (χ3v) is 2.59. The summed E-state index contributed by atoms with van der Waals surface area (Å²) in [6.07, 6.45) is -0.142. The van der Waals surface area contributed by atoms with E-state index in [1.807, 2.05) is 0 Å². The van der Waals surface area contributed by atoms with Crippen LogP contribution in [0.25, 0.3) is 0 Å². The van der Waals surface area contributed by atoms with E-state index in [1.165, 1.54) is 6.92 Å². The van der Waals surface area contributed by atoms with Crippen molar-refractivity contribution in [2.24, 2.45) is 17.6 Å². The van der Waals surface area contributed by atoms with E-state index >= 15 is 0 Å². The highest BCUT2D eigenvalue weighted by Crippen LogP contribution is 2.15. The van der Waals surface area contributed by atoms with Crippen LogP contribution in [0.5, 0.6) is 0 Å². The summed E-state index contributed by atoms with van der Waals surface area (Å²) in [5, 5.41) is 11.4. The lowest BCUT2D eigenvalue weighted by Crippen LogP contribution is -2.45. The number of rotatable bonds is 7. The van der Waals surface area contributed by atoms with E-state index in [-0.39, 0.29) is 24.7 Å². The SMILES string of the molecule is CC(=O)C(CN)NC(=O)CC(C(=O)O)C(C)C. The highest BCUT2D eigenvalue weighted by molar-refractivity contribution is 5.89. The summed E-state index contributed by atoms with van der Waals surface area (Å²) in [6, 6.07) is -0.732. The Bertz CT molecular complexity index is 302. The number of aliphatic carboxylic acids is 1. The Balaban J connectivity index is 4.42. The second-order valence-electron chi connectivity index (χ2n) is 4.36. The molecule has 4 N–H and O–H groups in total. The first-order valence-electron chi connectivity index (χ1n) is 5.52. The Kier molecular flexibility index (Phi) is 6.42. The first kappa shape index (κ1) is 15.6. The van der Waals surface area contributed by atoms with Crippen LogP contribution in [-0.2, 0) is 14.4 Å². The monoisotopic (exact) mass is 244 g/mol. The topological polar surface area (TPSA) is 109 Å². The van der Waals surface area contributed by atoms with Gasteiger partial charge in [0.05, 0.1) is 12.0 Å². The maximum atomic E-state index is 11.6. The summed E-state index contributed by atoms with van der Waals surface area (Å²) in [5.41, 5.74) is 5.32. The molecule has 0 aromatic heterocycles. The second-order valence-corrected chi connectivity index (χ2v) is 4.36. The predicted molar refractivity (Wildman–Crippen MR) is 62.2 cm³/mol. The van der Waals surface area contributed by atoms with Crippen molar-refractivity contribution in [1.29, 1.82) is 0 Å². The highest BCUT2D eigenvalue weighted by atomic mass is 16.4. The van der Waals surface area contributed by atoms with E-state index in [0.717, 1.165) is 0 Å². The number of hydrogen-bond acceptors (Lipinski definition) is 4. The van der Waals surface area contributed by atoms with Gasteiger partial charge in [0.1, 0.15) is 0 Å². The van der Waals surface area contributed by atoms with Crippen molar-refractivity contribution in [3.05, 3.63) is 0 Å². The van der Waals surface area contributed by atoms with E-state index in [0.29, 0.717) is 0 Å². The van der Waals surface area contributed by atoms with Gasteiger partial charge in [-0.15, -0.1) is 0 Å². The molecule has 2 atom stereocenters. The van der Waals surface area contributed by atoms with Gasteiger partial charge in [-0.2, -0.15) is 0 Å². The fraction of sp³-hybridized carbons (Fsp3) is 0.727. The van der Waals surface area contributed by atoms with Gasteiger partial charge in [-0.3, -0.25) is 14.4 Å². The van der Waals surface area contributed by atoms with Crippen molar-refractivity contribution < 1.29 is 19.5 Å². The maximum Gasteiger partial charge on any atom is 0.307 e. The van der Waals surface area contributed by atoms with Crippen LogP contribution in [0.3, 0.4) is 0 Å². The van der Waals surface area contributed by atoms with Crippen molar-refractivity contribution in [1.82, 2.24) is 5.32 Å². The van der Waals surface area contributed by atoms with Gasteiger partial charge in [-0.05, 0) is 12.8 Å². The van der Waals surface area contributed by atoms with Crippen LogP contribution in [0.4, 0.5) is 0 Å². The molecular weight excluding hydrogens is 224 g/mol. The molecule has 0 fully saturated rings. The van der Waals surface area contributed by atoms with Gasteiger partial charge in [0.2, 0.25) is 5.91 Å². The lowest BCUT2D eigenvalue weighted by molar-refractivity contribution is -0.145. The zero-order chi connectivity index (χ0) is 13.6. The zero-order valence-electron chi connectivity index (χ0n) is 10.4. The van der Waals surface area contributed by atoms with Gasteiger partial charge in [0.25, 0.3) is 0 Å². The molecule has 2 unspecified atom stereocenters. The number of nitrogens with one attached hydrogen (secondary N) is 1. The minimum atomic E-state index is -1.01. The van der Waals surface area contributed by atoms with Crippen molar-refractivity contribution in [3.8, 4) is 0 Å². The summed E-state index contributed by atoms with van der Waals surface area (Å²) in [6.45, 7) is 4.81. The Labute approximate surface area is 101 Å². The van der Waals surface area contributed by atoms with Crippen molar-refractivity contribution in [3.63, 3.8) is 0 Å². The van der Waals surface area contributed by atoms with Crippen LogP contribution < -0.4 is 11.1 Å². The largest absolute Gasteiger partial charge is 0.481 e. The molecule has 0 bridgehead atoms. The third kappa shape index (κ3) is 5.44. The predicted octanol–water partition coefficient (Wildman–Crippen LogP) is -0.234. The quantitative estimate of drug-likeness (QED) is 0.573. The molecule has 0 radical (unpaired) electrons. The Hall–Kier alpha value is -1.43. The number of amides is 1. The number of carboxylic acids is 1. The standard InChI is InChI=1S/C11H20N2O4/c1-6(2)8(11(16)17)4-10(15)13-9(5-12)7(3)14/h6,8-9H,4-5,12H2,1-3H3,(H,13,15)(H,16,17). The molecule has 0 aliphatic carbocycles. The lowest BCUT2D eigenvalue weighted by atomic mass is 9.92. The summed E-state index contributed by atoms with van der Waals surface area (Å²) in [7, 11) is 0. The summed E-state index contributed by atoms with van der Waals surface area (Å²) >= 11 is 0. The maximum absolute atomic E-state index is 11.6. The number of nitrogens with two attached hydrogens (primary N) is 1. The second kappa shape index (κ2) is 7.01. The number of Topliss-reactive ketones (excluding diaryl/α,β-unsaturated/α-hetero) is 1. The summed E-state index contributed by atoms with van der Waals surface area (Å²) < 4.78 is 0. The van der Waals surface area contributed by atoms with Crippen LogP contribution >= 0.6 is 0 Å². The third-order valence-electron chi connectivity index (χ3n) is 2.59. The van der Waals surface area contributed by atoms with Crippen LogP contribution in [0.15, 0.2) is 0 Å². The average molecular weight is 244 g/mol. The highest BCUT2D eigenvalue weighted by Gasteiger charge is 2.26. The number of carbonyl (C=O) groups is 3. The van der Waals surface area contributed by atoms with Gasteiger partial charge < -0.3 is 16.2 Å². The van der Waals surface area contributed by atoms with Crippen LogP contribution in [0.2, 0.25) is 0 Å². The van der Waals surface area contributed by atoms with Crippen LogP contribution in [0, 0.1) is 11.8 Å². The average Bonchev–Trinajstić information content (AvgIpc) is 2.21. The molecule has 6 heteroatoms. The van der Waals surface area contributed by atoms with E-state index in [2.05, 4.69) is 5.32 Å². The van der Waals surface area contributed by atoms with Crippen LogP contribution in [-0.4, -0.2) is 35.4 Å². The van der Waals surface area contributed by atoms with Crippen LogP contribution in [0.1, 0.15) is 27.2 Å². The molecule has 0 spiro atoms. The van der Waals surface area contributed by atoms with Gasteiger partial charge in [0.15, 0.2) is 5.78 Å². The molecule has 0 aliphatic heterocycles. The van der Waals surface area contributed by atoms with Gasteiger partial charge in [-0.1, -0.05) is 13.8 Å². The Morgan fingerprint density at radius 1 is 1.29 bits per heavy atom. The molecule has 0 aromatic rings. The van der Waals surface area contributed by atoms with Gasteiger partial charge in [-0.25, -0.2) is 0 Å². The van der Waals surface area contributed by atoms with E-state index in [1.54, 1.807) is 13.8 Å². The molecular formula is C11H20N2O4. The smallest absolute Gasteiger partial charge is 0.307 e. The van der Waals surface area contributed by atoms with E-state index in [9.17, 15) is 14.4 Å². The molecule has 1 amide bonds. The van der Waals surface area contributed by atoms with Crippen molar-refractivity contribution in [2.75, 3.05) is 6.54 Å². The summed E-state index contributed by atoms with van der Waals surface area (Å²) in [5.74, 6) is -2.61. The number of carboxylic acid groups (broad SMARTS) is 1. The minimum absolute atomic E-state index is 0.0144. The number of ketones is 1. The zero-order valence-corrected chi connectivity index (χ0v) is 10.4. The normalized spacial score (nSPS) is 14.2. The number of carbonyl (C=O) groups excluding carboxylic acids is 2. The van der Waals surface area contributed by atoms with Crippen molar-refractivity contribution >= 4 is 17.7 Å². The molecule has 0 heterocycles. The molecule has 98 valence electrons. The lowest BCUT2D eigenvalue weighted by Gasteiger charge is -2.18. The molecule has 6 nitrogen and oxygen atoms in total. The first-order chi connectivity index (χ1) is 7.79. The van der Waals surface area contributed by atoms with Crippen molar-refractivity contribution in [2.45, 2.75) is 33.2 Å². The van der Waals surface area contributed by atoms with Gasteiger partial charge >= 0.3 is 5.97 Å². The first-order valence-corrected chi connectivity index (χ1v) is 5.52. The number of hydrogen-bond donors (Lipinski definition) is 3. The van der Waals surface area contributed by atoms with E-state index in [4.69, 9.17) is 10.8 Å². The molecule has 17 heavy (non-hydrogen) atoms. The van der Waals surface area contributed by atoms with E-state index < -0.39 is 23.8 Å². The fourth-order valence-electron chi connectivity index (χ4n) is 1.39. The Morgan fingerprint density at radius 2 is 1.82 bits per heavy atom. The molecule has 0 aliphatic rings. The minimum Gasteiger partial charge on any atom is -0.481 e. The molecule has 0 saturated carbocycles. The molecule has 0 aromatic carbocycles. The summed E-state index contributed by atoms with van der Waals surface area (Å²) in [4.78, 5) is 33.5. The Morgan fingerprint density at radius 3 is 2.12 bits per heavy atom. The fourth-order valence-corrected chi connectivity index (χ4v) is 1.39. The molecule has 0 saturated heterocycles.